The first-order valence-corrected chi connectivity index (χ1v) is 9.45. The van der Waals surface area contributed by atoms with Crippen LogP contribution >= 0.6 is 0 Å². The molecule has 144 valence electrons. The molecule has 0 aliphatic carbocycles. The molecule has 1 aromatic heterocycles. The van der Waals surface area contributed by atoms with Gasteiger partial charge in [0.25, 0.3) is 5.91 Å². The molecule has 1 fully saturated rings. The molecule has 1 N–H and O–H groups in total. The number of likely N-dealkylation sites (tertiary alicyclic amines) is 1. The van der Waals surface area contributed by atoms with Crippen molar-refractivity contribution in [1.29, 1.82) is 0 Å². The summed E-state index contributed by atoms with van der Waals surface area (Å²) in [5.41, 5.74) is 2.23. The fourth-order valence-electron chi connectivity index (χ4n) is 3.85. The second-order valence-corrected chi connectivity index (χ2v) is 7.91. The minimum atomic E-state index is -0.996. The van der Waals surface area contributed by atoms with Crippen LogP contribution < -0.4 is 0 Å². The highest BCUT2D eigenvalue weighted by atomic mass is 16.4. The van der Waals surface area contributed by atoms with Crippen molar-refractivity contribution < 1.29 is 14.7 Å². The maximum Gasteiger partial charge on any atom is 0.339 e. The lowest BCUT2D eigenvalue weighted by molar-refractivity contribution is 0.0595. The lowest BCUT2D eigenvalue weighted by Gasteiger charge is -2.37. The average Bonchev–Trinajstić information content (AvgIpc) is 3.28. The first-order valence-electron chi connectivity index (χ1n) is 9.45. The third-order valence-electron chi connectivity index (χ3n) is 5.93. The van der Waals surface area contributed by atoms with Crippen LogP contribution in [0.5, 0.6) is 0 Å². The summed E-state index contributed by atoms with van der Waals surface area (Å²) >= 11 is 0. The van der Waals surface area contributed by atoms with E-state index in [1.807, 2.05) is 17.0 Å². The van der Waals surface area contributed by atoms with Gasteiger partial charge < -0.3 is 10.0 Å². The van der Waals surface area contributed by atoms with Gasteiger partial charge in [-0.25, -0.2) is 9.48 Å². The first kappa shape index (κ1) is 19.1. The number of rotatable bonds is 5. The Morgan fingerprint density at radius 1 is 1.26 bits per heavy atom. The van der Waals surface area contributed by atoms with Crippen LogP contribution in [0.1, 0.15) is 66.4 Å². The monoisotopic (exact) mass is 369 g/mol. The van der Waals surface area contributed by atoms with Crippen molar-refractivity contribution in [2.24, 2.45) is 5.41 Å². The standard InChI is InChI=1S/C21H27N3O3/c1-5-21(3,4)18-7-6-12-23(18)19(25)15-8-10-16(11-9-15)24-14(2)17(13-22-24)20(26)27/h8-11,13,18H,5-7,12H2,1-4H3,(H,26,27). The topological polar surface area (TPSA) is 75.4 Å². The third-order valence-corrected chi connectivity index (χ3v) is 5.93. The van der Waals surface area contributed by atoms with Crippen LogP contribution in [0, 0.1) is 12.3 Å². The highest BCUT2D eigenvalue weighted by Gasteiger charge is 2.38. The van der Waals surface area contributed by atoms with Crippen molar-refractivity contribution in [2.75, 3.05) is 6.54 Å². The summed E-state index contributed by atoms with van der Waals surface area (Å²) in [5, 5.41) is 13.3. The van der Waals surface area contributed by atoms with Crippen LogP contribution in [0.3, 0.4) is 0 Å². The quantitative estimate of drug-likeness (QED) is 0.867. The minimum absolute atomic E-state index is 0.0639. The summed E-state index contributed by atoms with van der Waals surface area (Å²) in [6, 6.07) is 7.49. The molecule has 1 unspecified atom stereocenters. The number of carboxylic acids is 1. The summed E-state index contributed by atoms with van der Waals surface area (Å²) in [7, 11) is 0. The van der Waals surface area contributed by atoms with E-state index in [0.29, 0.717) is 11.3 Å². The van der Waals surface area contributed by atoms with Crippen LogP contribution in [-0.2, 0) is 0 Å². The van der Waals surface area contributed by atoms with E-state index >= 15 is 0 Å². The smallest absolute Gasteiger partial charge is 0.339 e. The van der Waals surface area contributed by atoms with Crippen molar-refractivity contribution in [3.63, 3.8) is 0 Å². The largest absolute Gasteiger partial charge is 0.478 e. The fraction of sp³-hybridized carbons (Fsp3) is 0.476. The number of benzene rings is 1. The second-order valence-electron chi connectivity index (χ2n) is 7.91. The Morgan fingerprint density at radius 3 is 2.48 bits per heavy atom. The molecule has 6 heteroatoms. The molecular weight excluding hydrogens is 342 g/mol. The van der Waals surface area contributed by atoms with Gasteiger partial charge in [-0.1, -0.05) is 20.8 Å². The molecule has 2 heterocycles. The van der Waals surface area contributed by atoms with Crippen molar-refractivity contribution in [2.45, 2.75) is 53.0 Å². The van der Waals surface area contributed by atoms with Crippen molar-refractivity contribution in [3.8, 4) is 5.69 Å². The molecule has 1 saturated heterocycles. The van der Waals surface area contributed by atoms with E-state index in [1.54, 1.807) is 23.7 Å². The Kier molecular flexibility index (Phi) is 5.09. The number of carbonyl (C=O) groups is 2. The van der Waals surface area contributed by atoms with Gasteiger partial charge in [-0.2, -0.15) is 5.10 Å². The average molecular weight is 369 g/mol. The molecule has 6 nitrogen and oxygen atoms in total. The minimum Gasteiger partial charge on any atom is -0.478 e. The molecule has 1 aromatic carbocycles. The predicted molar refractivity (Wildman–Crippen MR) is 103 cm³/mol. The number of aromatic carboxylic acids is 1. The number of amides is 1. The Balaban J connectivity index is 1.83. The van der Waals surface area contributed by atoms with E-state index in [-0.39, 0.29) is 22.9 Å². The first-order chi connectivity index (χ1) is 12.8. The van der Waals surface area contributed by atoms with Crippen molar-refractivity contribution in [3.05, 3.63) is 47.3 Å². The summed E-state index contributed by atoms with van der Waals surface area (Å²) in [4.78, 5) is 26.3. The molecule has 0 saturated carbocycles. The molecule has 1 atom stereocenters. The van der Waals surface area contributed by atoms with E-state index in [9.17, 15) is 14.7 Å². The third kappa shape index (κ3) is 3.48. The highest BCUT2D eigenvalue weighted by Crippen LogP contribution is 2.36. The normalized spacial score (nSPS) is 17.3. The van der Waals surface area contributed by atoms with Gasteiger partial charge in [0.1, 0.15) is 5.56 Å². The van der Waals surface area contributed by atoms with E-state index in [2.05, 4.69) is 25.9 Å². The predicted octanol–water partition coefficient (Wildman–Crippen LogP) is 3.92. The molecule has 0 spiro atoms. The van der Waals surface area contributed by atoms with Gasteiger partial charge in [0, 0.05) is 18.2 Å². The van der Waals surface area contributed by atoms with Crippen LogP contribution in [0.4, 0.5) is 0 Å². The van der Waals surface area contributed by atoms with E-state index in [1.165, 1.54) is 6.20 Å². The van der Waals surface area contributed by atoms with Gasteiger partial charge in [-0.3, -0.25) is 4.79 Å². The Hall–Kier alpha value is -2.63. The number of hydrogen-bond acceptors (Lipinski definition) is 3. The van der Waals surface area contributed by atoms with E-state index in [4.69, 9.17) is 0 Å². The molecule has 0 bridgehead atoms. The zero-order chi connectivity index (χ0) is 19.8. The Labute approximate surface area is 159 Å². The lowest BCUT2D eigenvalue weighted by Crippen LogP contribution is -2.44. The second kappa shape index (κ2) is 7.18. The van der Waals surface area contributed by atoms with Gasteiger partial charge in [0.2, 0.25) is 0 Å². The Bertz CT molecular complexity index is 852. The van der Waals surface area contributed by atoms with Gasteiger partial charge >= 0.3 is 5.97 Å². The van der Waals surface area contributed by atoms with Gasteiger partial charge in [-0.15, -0.1) is 0 Å². The highest BCUT2D eigenvalue weighted by molar-refractivity contribution is 5.95. The summed E-state index contributed by atoms with van der Waals surface area (Å²) in [6.45, 7) is 9.15. The lowest BCUT2D eigenvalue weighted by atomic mass is 9.80. The van der Waals surface area contributed by atoms with Crippen LogP contribution in [-0.4, -0.2) is 44.3 Å². The van der Waals surface area contributed by atoms with E-state index < -0.39 is 5.97 Å². The van der Waals surface area contributed by atoms with Crippen LogP contribution in [0.25, 0.3) is 5.69 Å². The van der Waals surface area contributed by atoms with Crippen molar-refractivity contribution in [1.82, 2.24) is 14.7 Å². The summed E-state index contributed by atoms with van der Waals surface area (Å²) < 4.78 is 1.58. The molecule has 27 heavy (non-hydrogen) atoms. The number of aromatic nitrogens is 2. The van der Waals surface area contributed by atoms with Gasteiger partial charge in [0.15, 0.2) is 0 Å². The summed E-state index contributed by atoms with van der Waals surface area (Å²) in [6.07, 6.45) is 4.47. The summed E-state index contributed by atoms with van der Waals surface area (Å²) in [5.74, 6) is -0.932. The molecule has 2 aromatic rings. The number of hydrogen-bond donors (Lipinski definition) is 1. The van der Waals surface area contributed by atoms with Crippen LogP contribution in [0.2, 0.25) is 0 Å². The molecule has 0 radical (unpaired) electrons. The van der Waals surface area contributed by atoms with E-state index in [0.717, 1.165) is 31.5 Å². The zero-order valence-corrected chi connectivity index (χ0v) is 16.4. The molecular formula is C21H27N3O3. The van der Waals surface area contributed by atoms with Gasteiger partial charge in [-0.05, 0) is 55.9 Å². The SMILES string of the molecule is CCC(C)(C)C1CCCN1C(=O)c1ccc(-n2ncc(C(=O)O)c2C)cc1. The van der Waals surface area contributed by atoms with Crippen molar-refractivity contribution >= 4 is 11.9 Å². The number of carboxylic acid groups (broad SMARTS) is 1. The molecule has 3 rings (SSSR count). The number of nitrogens with zero attached hydrogens (tertiary/aromatic N) is 3. The molecule has 1 aliphatic rings. The maximum atomic E-state index is 13.1. The van der Waals surface area contributed by atoms with Crippen LogP contribution in [0.15, 0.2) is 30.5 Å². The molecule has 1 aliphatic heterocycles. The zero-order valence-electron chi connectivity index (χ0n) is 16.4. The number of carbonyl (C=O) groups excluding carboxylic acids is 1. The molecule has 1 amide bonds. The van der Waals surface area contributed by atoms with Gasteiger partial charge in [0.05, 0.1) is 17.6 Å². The Morgan fingerprint density at radius 2 is 1.93 bits per heavy atom. The fourth-order valence-corrected chi connectivity index (χ4v) is 3.85. The maximum absolute atomic E-state index is 13.1.